The van der Waals surface area contributed by atoms with Gasteiger partial charge in [-0.2, -0.15) is 0 Å². The summed E-state index contributed by atoms with van der Waals surface area (Å²) in [5, 5.41) is 3.35. The highest BCUT2D eigenvalue weighted by Gasteiger charge is 2.24. The van der Waals surface area contributed by atoms with E-state index in [1.165, 1.54) is 51.4 Å². The van der Waals surface area contributed by atoms with Crippen molar-refractivity contribution in [1.82, 2.24) is 10.2 Å². The summed E-state index contributed by atoms with van der Waals surface area (Å²) in [6.45, 7) is 1.95. The topological polar surface area (TPSA) is 32.3 Å². The third-order valence-corrected chi connectivity index (χ3v) is 4.58. The van der Waals surface area contributed by atoms with Crippen LogP contribution in [0.15, 0.2) is 0 Å². The number of nitrogens with zero attached hydrogens (tertiary/aromatic N) is 1. The normalized spacial score (nSPS) is 25.9. The van der Waals surface area contributed by atoms with E-state index in [1.54, 1.807) is 0 Å². The predicted octanol–water partition coefficient (Wildman–Crippen LogP) is 2.56. The zero-order chi connectivity index (χ0) is 12.8. The van der Waals surface area contributed by atoms with Crippen molar-refractivity contribution in [3.8, 4) is 0 Å². The highest BCUT2D eigenvalue weighted by atomic mass is 16.2. The van der Waals surface area contributed by atoms with Gasteiger partial charge in [0.1, 0.15) is 0 Å². The Kier molecular flexibility index (Phi) is 5.48. The lowest BCUT2D eigenvalue weighted by atomic mass is 9.87. The molecule has 1 aliphatic heterocycles. The van der Waals surface area contributed by atoms with Gasteiger partial charge in [0.05, 0.1) is 6.04 Å². The van der Waals surface area contributed by atoms with Gasteiger partial charge < -0.3 is 10.2 Å². The largest absolute Gasteiger partial charge is 0.344 e. The van der Waals surface area contributed by atoms with E-state index in [9.17, 15) is 4.79 Å². The molecule has 1 heterocycles. The molecular weight excluding hydrogens is 224 g/mol. The second-order valence-corrected chi connectivity index (χ2v) is 6.05. The average molecular weight is 252 g/mol. The number of carbonyl (C=O) groups excluding carboxylic acids is 1. The van der Waals surface area contributed by atoms with E-state index in [-0.39, 0.29) is 6.04 Å². The van der Waals surface area contributed by atoms with Crippen molar-refractivity contribution in [2.45, 2.75) is 63.8 Å². The van der Waals surface area contributed by atoms with E-state index in [4.69, 9.17) is 0 Å². The Morgan fingerprint density at radius 3 is 2.50 bits per heavy atom. The summed E-state index contributed by atoms with van der Waals surface area (Å²) in [5.41, 5.74) is 0. The van der Waals surface area contributed by atoms with E-state index >= 15 is 0 Å². The Labute approximate surface area is 111 Å². The van der Waals surface area contributed by atoms with Gasteiger partial charge in [0.25, 0.3) is 0 Å². The minimum atomic E-state index is 0.0927. The fourth-order valence-electron chi connectivity index (χ4n) is 3.29. The van der Waals surface area contributed by atoms with Gasteiger partial charge in [-0.05, 0) is 31.7 Å². The van der Waals surface area contributed by atoms with Crippen LogP contribution in [0.4, 0.5) is 0 Å². The van der Waals surface area contributed by atoms with E-state index in [1.807, 2.05) is 11.9 Å². The summed E-state index contributed by atoms with van der Waals surface area (Å²) in [6, 6.07) is 0.0927. The van der Waals surface area contributed by atoms with Crippen molar-refractivity contribution < 1.29 is 4.79 Å². The lowest BCUT2D eigenvalue weighted by Crippen LogP contribution is -2.47. The first kappa shape index (κ1) is 13.9. The van der Waals surface area contributed by atoms with E-state index in [0.717, 1.165) is 25.4 Å². The molecule has 1 N–H and O–H groups in total. The third kappa shape index (κ3) is 3.98. The molecule has 1 atom stereocenters. The number of nitrogens with one attached hydrogen (secondary N) is 1. The minimum Gasteiger partial charge on any atom is -0.344 e. The van der Waals surface area contributed by atoms with E-state index < -0.39 is 0 Å². The van der Waals surface area contributed by atoms with Crippen LogP contribution in [0.5, 0.6) is 0 Å². The molecule has 1 aliphatic carbocycles. The maximum absolute atomic E-state index is 12.2. The molecule has 2 aliphatic rings. The van der Waals surface area contributed by atoms with Crippen LogP contribution >= 0.6 is 0 Å². The second kappa shape index (κ2) is 7.13. The smallest absolute Gasteiger partial charge is 0.239 e. The lowest BCUT2D eigenvalue weighted by molar-refractivity contribution is -0.132. The molecule has 1 unspecified atom stereocenters. The van der Waals surface area contributed by atoms with Crippen LogP contribution in [0.2, 0.25) is 0 Å². The number of amides is 1. The molecule has 2 fully saturated rings. The van der Waals surface area contributed by atoms with Crippen molar-refractivity contribution in [2.24, 2.45) is 5.92 Å². The molecule has 18 heavy (non-hydrogen) atoms. The summed E-state index contributed by atoms with van der Waals surface area (Å²) < 4.78 is 0. The van der Waals surface area contributed by atoms with Crippen molar-refractivity contribution in [2.75, 3.05) is 20.1 Å². The van der Waals surface area contributed by atoms with Crippen molar-refractivity contribution >= 4 is 5.91 Å². The molecule has 1 saturated heterocycles. The first-order chi connectivity index (χ1) is 8.77. The summed E-state index contributed by atoms with van der Waals surface area (Å²) in [4.78, 5) is 14.2. The van der Waals surface area contributed by atoms with Gasteiger partial charge in [-0.25, -0.2) is 0 Å². The van der Waals surface area contributed by atoms with Gasteiger partial charge >= 0.3 is 0 Å². The Hall–Kier alpha value is -0.570. The lowest BCUT2D eigenvalue weighted by Gasteiger charge is -2.29. The average Bonchev–Trinajstić information content (AvgIpc) is 2.46. The van der Waals surface area contributed by atoms with Crippen LogP contribution in [0.1, 0.15) is 57.8 Å². The number of piperidine rings is 1. The molecule has 3 nitrogen and oxygen atoms in total. The second-order valence-electron chi connectivity index (χ2n) is 6.05. The fraction of sp³-hybridized carbons (Fsp3) is 0.933. The molecule has 0 radical (unpaired) electrons. The fourth-order valence-corrected chi connectivity index (χ4v) is 3.29. The molecular formula is C15H28N2O. The van der Waals surface area contributed by atoms with Gasteiger partial charge in [0, 0.05) is 13.6 Å². The molecule has 104 valence electrons. The van der Waals surface area contributed by atoms with Crippen LogP contribution < -0.4 is 5.32 Å². The number of likely N-dealkylation sites (N-methyl/N-ethyl adjacent to an activating group) is 1. The number of rotatable bonds is 4. The molecule has 1 saturated carbocycles. The summed E-state index contributed by atoms with van der Waals surface area (Å²) in [6.07, 6.45) is 11.6. The van der Waals surface area contributed by atoms with E-state index in [0.29, 0.717) is 5.91 Å². The summed E-state index contributed by atoms with van der Waals surface area (Å²) >= 11 is 0. The highest BCUT2D eigenvalue weighted by molar-refractivity contribution is 5.81. The number of carbonyl (C=O) groups is 1. The minimum absolute atomic E-state index is 0.0927. The maximum atomic E-state index is 12.2. The SMILES string of the molecule is CN(CCC1CCCCC1)C(=O)C1CCCCN1. The highest BCUT2D eigenvalue weighted by Crippen LogP contribution is 2.26. The molecule has 3 heteroatoms. The number of hydrogen-bond acceptors (Lipinski definition) is 2. The molecule has 0 bridgehead atoms. The summed E-state index contributed by atoms with van der Waals surface area (Å²) in [5.74, 6) is 1.18. The maximum Gasteiger partial charge on any atom is 0.239 e. The Balaban J connectivity index is 1.69. The van der Waals surface area contributed by atoms with Crippen LogP contribution in [-0.4, -0.2) is 37.0 Å². The third-order valence-electron chi connectivity index (χ3n) is 4.58. The molecule has 1 amide bonds. The quantitative estimate of drug-likeness (QED) is 0.834. The zero-order valence-electron chi connectivity index (χ0n) is 11.8. The molecule has 0 aromatic carbocycles. The van der Waals surface area contributed by atoms with Gasteiger partial charge in [0.15, 0.2) is 0 Å². The first-order valence-corrected chi connectivity index (χ1v) is 7.76. The molecule has 0 spiro atoms. The van der Waals surface area contributed by atoms with Gasteiger partial charge in [-0.1, -0.05) is 38.5 Å². The van der Waals surface area contributed by atoms with Crippen molar-refractivity contribution in [1.29, 1.82) is 0 Å². The van der Waals surface area contributed by atoms with Crippen LogP contribution in [0.3, 0.4) is 0 Å². The first-order valence-electron chi connectivity index (χ1n) is 7.76. The zero-order valence-corrected chi connectivity index (χ0v) is 11.8. The summed E-state index contributed by atoms with van der Waals surface area (Å²) in [7, 11) is 1.97. The van der Waals surface area contributed by atoms with Gasteiger partial charge in [-0.3, -0.25) is 4.79 Å². The predicted molar refractivity (Wildman–Crippen MR) is 74.5 cm³/mol. The van der Waals surface area contributed by atoms with Crippen molar-refractivity contribution in [3.05, 3.63) is 0 Å². The van der Waals surface area contributed by atoms with Gasteiger partial charge in [-0.15, -0.1) is 0 Å². The van der Waals surface area contributed by atoms with Crippen LogP contribution in [-0.2, 0) is 4.79 Å². The van der Waals surface area contributed by atoms with Crippen LogP contribution in [0.25, 0.3) is 0 Å². The van der Waals surface area contributed by atoms with Crippen molar-refractivity contribution in [3.63, 3.8) is 0 Å². The molecule has 0 aromatic rings. The van der Waals surface area contributed by atoms with Gasteiger partial charge in [0.2, 0.25) is 5.91 Å². The monoisotopic (exact) mass is 252 g/mol. The number of hydrogen-bond donors (Lipinski definition) is 1. The Morgan fingerprint density at radius 2 is 1.83 bits per heavy atom. The molecule has 2 rings (SSSR count). The van der Waals surface area contributed by atoms with E-state index in [2.05, 4.69) is 5.32 Å². The standard InChI is InChI=1S/C15H28N2O/c1-17(12-10-13-7-3-2-4-8-13)15(18)14-9-5-6-11-16-14/h13-14,16H,2-12H2,1H3. The Bertz CT molecular complexity index is 255. The Morgan fingerprint density at radius 1 is 1.11 bits per heavy atom. The molecule has 0 aromatic heterocycles. The van der Waals surface area contributed by atoms with Crippen LogP contribution in [0, 0.1) is 5.92 Å².